The number of nitrogens with one attached hydrogen (secondary N) is 3. The van der Waals surface area contributed by atoms with Gasteiger partial charge in [0.2, 0.25) is 11.8 Å². The van der Waals surface area contributed by atoms with Gasteiger partial charge in [-0.3, -0.25) is 4.79 Å². The van der Waals surface area contributed by atoms with Gasteiger partial charge < -0.3 is 20.7 Å². The zero-order valence-corrected chi connectivity index (χ0v) is 19.6. The summed E-state index contributed by atoms with van der Waals surface area (Å²) >= 11 is 5.84. The van der Waals surface area contributed by atoms with Crippen molar-refractivity contribution in [3.05, 3.63) is 64.9 Å². The van der Waals surface area contributed by atoms with Gasteiger partial charge >= 0.3 is 6.03 Å². The van der Waals surface area contributed by atoms with Crippen molar-refractivity contribution in [3.63, 3.8) is 0 Å². The maximum atomic E-state index is 13.7. The first kappa shape index (κ1) is 24.3. The zero-order chi connectivity index (χ0) is 25.2. The summed E-state index contributed by atoms with van der Waals surface area (Å²) in [5.41, 5.74) is 0.953. The number of anilines is 3. The molecule has 0 bridgehead atoms. The summed E-state index contributed by atoms with van der Waals surface area (Å²) in [4.78, 5) is 32.4. The van der Waals surface area contributed by atoms with E-state index in [2.05, 4.69) is 25.9 Å². The van der Waals surface area contributed by atoms with Crippen molar-refractivity contribution in [1.82, 2.24) is 9.97 Å². The van der Waals surface area contributed by atoms with Crippen LogP contribution < -0.4 is 20.7 Å². The molecule has 1 heterocycles. The monoisotopic (exact) mass is 501 g/mol. The van der Waals surface area contributed by atoms with Crippen LogP contribution in [-0.4, -0.2) is 21.9 Å². The van der Waals surface area contributed by atoms with E-state index in [1.165, 1.54) is 24.5 Å². The normalized spacial score (nSPS) is 13.2. The average Bonchev–Trinajstić information content (AvgIpc) is 3.62. The topological polar surface area (TPSA) is 105 Å². The second kappa shape index (κ2) is 9.83. The molecular formula is C24H22ClF2N5O3. The second-order valence-corrected chi connectivity index (χ2v) is 8.66. The molecule has 8 nitrogen and oxygen atoms in total. The molecule has 0 atom stereocenters. The van der Waals surface area contributed by atoms with Gasteiger partial charge in [0.05, 0.1) is 0 Å². The van der Waals surface area contributed by atoms with Crippen LogP contribution >= 0.6 is 11.6 Å². The molecular weight excluding hydrogens is 480 g/mol. The smallest absolute Gasteiger partial charge is 0.323 e. The van der Waals surface area contributed by atoms with Gasteiger partial charge in [-0.25, -0.2) is 23.5 Å². The van der Waals surface area contributed by atoms with Crippen LogP contribution in [0.5, 0.6) is 11.6 Å². The molecule has 11 heteroatoms. The van der Waals surface area contributed by atoms with E-state index < -0.39 is 12.0 Å². The van der Waals surface area contributed by atoms with Gasteiger partial charge in [0.15, 0.2) is 0 Å². The minimum Gasteiger partial charge on any atom is -0.439 e. The zero-order valence-electron chi connectivity index (χ0n) is 18.9. The highest BCUT2D eigenvalue weighted by Crippen LogP contribution is 2.35. The minimum absolute atomic E-state index is 0.0446. The molecule has 1 aliphatic rings. The molecule has 0 saturated heterocycles. The predicted molar refractivity (Wildman–Crippen MR) is 128 cm³/mol. The lowest BCUT2D eigenvalue weighted by molar-refractivity contribution is -0.117. The fraction of sp³-hybridized carbons (Fsp3) is 0.250. The van der Waals surface area contributed by atoms with Crippen molar-refractivity contribution in [2.24, 2.45) is 5.92 Å². The highest BCUT2D eigenvalue weighted by Gasteiger charge is 2.30. The predicted octanol–water partition coefficient (Wildman–Crippen LogP) is 6.33. The van der Waals surface area contributed by atoms with Crippen molar-refractivity contribution < 1.29 is 23.1 Å². The summed E-state index contributed by atoms with van der Waals surface area (Å²) in [6.07, 6.45) is 3.06. The lowest BCUT2D eigenvalue weighted by Crippen LogP contribution is -2.20. The highest BCUT2D eigenvalue weighted by molar-refractivity contribution is 6.31. The van der Waals surface area contributed by atoms with Crippen molar-refractivity contribution in [2.45, 2.75) is 32.6 Å². The van der Waals surface area contributed by atoms with Crippen molar-refractivity contribution in [3.8, 4) is 11.6 Å². The first-order chi connectivity index (χ1) is 16.6. The highest BCUT2D eigenvalue weighted by atomic mass is 35.5. The number of alkyl halides is 2. The van der Waals surface area contributed by atoms with Crippen LogP contribution in [0.1, 0.15) is 30.9 Å². The van der Waals surface area contributed by atoms with E-state index in [9.17, 15) is 18.4 Å². The number of ether oxygens (including phenoxy) is 1. The lowest BCUT2D eigenvalue weighted by Gasteiger charge is -2.15. The van der Waals surface area contributed by atoms with E-state index in [0.717, 1.165) is 25.8 Å². The Hall–Kier alpha value is -3.79. The maximum Gasteiger partial charge on any atom is 0.323 e. The first-order valence-electron chi connectivity index (χ1n) is 10.8. The van der Waals surface area contributed by atoms with Crippen LogP contribution in [0.15, 0.2) is 48.8 Å². The number of aryl methyl sites for hydroxylation is 1. The van der Waals surface area contributed by atoms with Gasteiger partial charge in [0.1, 0.15) is 17.9 Å². The quantitative estimate of drug-likeness (QED) is 0.350. The maximum absolute atomic E-state index is 13.7. The molecule has 1 aliphatic carbocycles. The van der Waals surface area contributed by atoms with Crippen molar-refractivity contribution in [2.75, 3.05) is 16.0 Å². The second-order valence-electron chi connectivity index (χ2n) is 8.25. The summed E-state index contributed by atoms with van der Waals surface area (Å²) in [5.74, 6) is -2.09. The van der Waals surface area contributed by atoms with Gasteiger partial charge in [-0.2, -0.15) is 0 Å². The Labute approximate surface area is 205 Å². The molecule has 3 aromatic rings. The number of halogens is 3. The van der Waals surface area contributed by atoms with E-state index >= 15 is 0 Å². The third-order valence-corrected chi connectivity index (χ3v) is 5.52. The largest absolute Gasteiger partial charge is 0.439 e. The molecule has 0 unspecified atom stereocenters. The Balaban J connectivity index is 1.39. The van der Waals surface area contributed by atoms with Gasteiger partial charge in [0.25, 0.3) is 5.92 Å². The minimum atomic E-state index is -3.15. The summed E-state index contributed by atoms with van der Waals surface area (Å²) < 4.78 is 33.2. The molecule has 0 radical (unpaired) electrons. The molecule has 182 valence electrons. The van der Waals surface area contributed by atoms with Gasteiger partial charge in [0, 0.05) is 40.9 Å². The van der Waals surface area contributed by atoms with Crippen LogP contribution in [-0.2, 0) is 10.7 Å². The van der Waals surface area contributed by atoms with E-state index in [0.29, 0.717) is 22.8 Å². The Kier molecular flexibility index (Phi) is 6.83. The van der Waals surface area contributed by atoms with Gasteiger partial charge in [-0.1, -0.05) is 11.6 Å². The van der Waals surface area contributed by atoms with E-state index in [-0.39, 0.29) is 34.0 Å². The van der Waals surface area contributed by atoms with Crippen LogP contribution in [0, 0.1) is 12.8 Å². The summed E-state index contributed by atoms with van der Waals surface area (Å²) in [6.45, 7) is 2.52. The number of aromatic nitrogens is 2. The van der Waals surface area contributed by atoms with Gasteiger partial charge in [-0.15, -0.1) is 0 Å². The Morgan fingerprint density at radius 2 is 1.71 bits per heavy atom. The van der Waals surface area contributed by atoms with Crippen molar-refractivity contribution >= 4 is 40.7 Å². The fourth-order valence-corrected chi connectivity index (χ4v) is 3.51. The molecule has 3 N–H and O–H groups in total. The molecule has 0 spiro atoms. The average molecular weight is 502 g/mol. The molecule has 1 saturated carbocycles. The fourth-order valence-electron chi connectivity index (χ4n) is 3.22. The number of hydrogen-bond donors (Lipinski definition) is 3. The van der Waals surface area contributed by atoms with E-state index in [1.54, 1.807) is 25.1 Å². The summed E-state index contributed by atoms with van der Waals surface area (Å²) in [7, 11) is 0. The SMILES string of the molecule is Cc1cc(NC(=O)Nc2ccc(Cl)c(C(C)(F)F)c2)ccc1Oc1cc(NC(=O)C2CC2)ncn1. The first-order valence-corrected chi connectivity index (χ1v) is 11.1. The van der Waals surface area contributed by atoms with Crippen LogP contribution in [0.25, 0.3) is 0 Å². The number of amides is 3. The molecule has 2 aromatic carbocycles. The summed E-state index contributed by atoms with van der Waals surface area (Å²) in [5, 5.41) is 7.81. The van der Waals surface area contributed by atoms with E-state index in [1.807, 2.05) is 0 Å². The Morgan fingerprint density at radius 3 is 2.37 bits per heavy atom. The number of urea groups is 1. The number of carbonyl (C=O) groups excluding carboxylic acids is 2. The Bertz CT molecular complexity index is 1280. The van der Waals surface area contributed by atoms with Crippen LogP contribution in [0.2, 0.25) is 5.02 Å². The number of hydrogen-bond acceptors (Lipinski definition) is 5. The molecule has 1 aromatic heterocycles. The van der Waals surface area contributed by atoms with Crippen LogP contribution in [0.4, 0.5) is 30.8 Å². The van der Waals surface area contributed by atoms with E-state index in [4.69, 9.17) is 16.3 Å². The number of carbonyl (C=O) groups is 2. The standard InChI is InChI=1S/C24H22ClF2N5O3/c1-13-9-15(30-23(34)31-16-5-7-18(25)17(10-16)24(2,26)27)6-8-19(13)35-21-11-20(28-12-29-21)32-22(33)14-3-4-14/h5-12,14H,3-4H2,1-2H3,(H2,30,31,34)(H,28,29,32,33). The Morgan fingerprint density at radius 1 is 1.03 bits per heavy atom. The third-order valence-electron chi connectivity index (χ3n) is 5.19. The molecule has 1 fully saturated rings. The molecule has 3 amide bonds. The van der Waals surface area contributed by atoms with Gasteiger partial charge in [-0.05, 0) is 61.7 Å². The summed E-state index contributed by atoms with van der Waals surface area (Å²) in [6, 6.07) is 9.72. The number of benzene rings is 2. The molecule has 4 rings (SSSR count). The number of nitrogens with zero attached hydrogens (tertiary/aromatic N) is 2. The molecule has 0 aliphatic heterocycles. The number of rotatable bonds is 7. The third kappa shape index (κ3) is 6.42. The molecule has 35 heavy (non-hydrogen) atoms. The van der Waals surface area contributed by atoms with Crippen molar-refractivity contribution in [1.29, 1.82) is 0 Å². The van der Waals surface area contributed by atoms with Crippen LogP contribution in [0.3, 0.4) is 0 Å². The lowest BCUT2D eigenvalue weighted by atomic mass is 10.1.